The molecule has 0 amide bonds. The first-order valence-corrected chi connectivity index (χ1v) is 8.29. The molecule has 0 saturated carbocycles. The zero-order valence-corrected chi connectivity index (χ0v) is 13.7. The van der Waals surface area contributed by atoms with Crippen LogP contribution in [0.3, 0.4) is 0 Å². The maximum Gasteiger partial charge on any atom is 0.0956 e. The van der Waals surface area contributed by atoms with Gasteiger partial charge in [0.05, 0.1) is 20.6 Å². The summed E-state index contributed by atoms with van der Waals surface area (Å²) in [4.78, 5) is 4.63. The number of benzene rings is 2. The average molecular weight is 400 g/mol. The van der Waals surface area contributed by atoms with Crippen LogP contribution in [0.4, 0.5) is 0 Å². The summed E-state index contributed by atoms with van der Waals surface area (Å²) in [5.74, 6) is 0. The second-order valence-electron chi connectivity index (χ2n) is 4.30. The normalized spacial score (nSPS) is 12.7. The standard InChI is InChI=1S/C15H11ClINS/c16-12(10-4-3-5-11(17)8-10)9-15-18-13-6-1-2-7-14(13)19-15/h1-8,12H,9H2. The SMILES string of the molecule is ClC(Cc1nc2ccccc2s1)c1cccc(I)c1. The highest BCUT2D eigenvalue weighted by atomic mass is 127. The van der Waals surface area contributed by atoms with Gasteiger partial charge in [0.15, 0.2) is 0 Å². The molecule has 4 heteroatoms. The average Bonchev–Trinajstić information content (AvgIpc) is 2.80. The van der Waals surface area contributed by atoms with Crippen LogP contribution >= 0.6 is 45.5 Å². The number of para-hydroxylation sites is 1. The van der Waals surface area contributed by atoms with Crippen LogP contribution < -0.4 is 0 Å². The van der Waals surface area contributed by atoms with Crippen molar-refractivity contribution in [2.45, 2.75) is 11.8 Å². The van der Waals surface area contributed by atoms with Gasteiger partial charge in [0, 0.05) is 9.99 Å². The van der Waals surface area contributed by atoms with Gasteiger partial charge in [-0.15, -0.1) is 22.9 Å². The van der Waals surface area contributed by atoms with Gasteiger partial charge >= 0.3 is 0 Å². The molecule has 0 fully saturated rings. The van der Waals surface area contributed by atoms with Crippen molar-refractivity contribution in [2.24, 2.45) is 0 Å². The van der Waals surface area contributed by atoms with Crippen LogP contribution in [0.5, 0.6) is 0 Å². The molecule has 0 N–H and O–H groups in total. The smallest absolute Gasteiger partial charge is 0.0956 e. The molecule has 0 bridgehead atoms. The van der Waals surface area contributed by atoms with Crippen LogP contribution in [0.25, 0.3) is 10.2 Å². The zero-order valence-electron chi connectivity index (χ0n) is 10.0. The second-order valence-corrected chi connectivity index (χ2v) is 7.19. The molecule has 1 heterocycles. The quantitative estimate of drug-likeness (QED) is 0.423. The molecule has 1 unspecified atom stereocenters. The van der Waals surface area contributed by atoms with E-state index in [0.29, 0.717) is 0 Å². The molecule has 2 aromatic carbocycles. The highest BCUT2D eigenvalue weighted by Crippen LogP contribution is 2.30. The Morgan fingerprint density at radius 3 is 2.79 bits per heavy atom. The highest BCUT2D eigenvalue weighted by Gasteiger charge is 2.12. The second kappa shape index (κ2) is 5.77. The molecule has 3 rings (SSSR count). The Morgan fingerprint density at radius 1 is 1.16 bits per heavy atom. The Hall–Kier alpha value is -0.650. The molecule has 19 heavy (non-hydrogen) atoms. The van der Waals surface area contributed by atoms with Crippen molar-refractivity contribution in [3.05, 3.63) is 62.7 Å². The molecule has 0 aliphatic heterocycles. The van der Waals surface area contributed by atoms with Crippen LogP contribution in [0.2, 0.25) is 0 Å². The van der Waals surface area contributed by atoms with E-state index in [9.17, 15) is 0 Å². The van der Waals surface area contributed by atoms with Crippen molar-refractivity contribution in [1.82, 2.24) is 4.98 Å². The largest absolute Gasteiger partial charge is 0.241 e. The van der Waals surface area contributed by atoms with E-state index in [0.717, 1.165) is 22.5 Å². The van der Waals surface area contributed by atoms with E-state index in [-0.39, 0.29) is 5.38 Å². The first-order valence-electron chi connectivity index (χ1n) is 5.96. The fraction of sp³-hybridized carbons (Fsp3) is 0.133. The van der Waals surface area contributed by atoms with Crippen molar-refractivity contribution in [3.63, 3.8) is 0 Å². The van der Waals surface area contributed by atoms with E-state index in [1.54, 1.807) is 11.3 Å². The summed E-state index contributed by atoms with van der Waals surface area (Å²) >= 11 is 10.5. The predicted octanol–water partition coefficient (Wildman–Crippen LogP) is 5.42. The minimum atomic E-state index is -0.0183. The number of fused-ring (bicyclic) bond motifs is 1. The van der Waals surface area contributed by atoms with Crippen LogP contribution in [-0.4, -0.2) is 4.98 Å². The van der Waals surface area contributed by atoms with Crippen LogP contribution in [0.1, 0.15) is 15.9 Å². The molecule has 0 radical (unpaired) electrons. The third kappa shape index (κ3) is 3.09. The van der Waals surface area contributed by atoms with E-state index in [2.05, 4.69) is 51.8 Å². The first kappa shape index (κ1) is 13.3. The predicted molar refractivity (Wildman–Crippen MR) is 91.1 cm³/mol. The molecule has 0 spiro atoms. The summed E-state index contributed by atoms with van der Waals surface area (Å²) in [5.41, 5.74) is 2.22. The number of hydrogen-bond acceptors (Lipinski definition) is 2. The van der Waals surface area contributed by atoms with Crippen molar-refractivity contribution in [3.8, 4) is 0 Å². The van der Waals surface area contributed by atoms with Gasteiger partial charge in [-0.1, -0.05) is 24.3 Å². The lowest BCUT2D eigenvalue weighted by Crippen LogP contribution is -1.95. The van der Waals surface area contributed by atoms with E-state index in [1.807, 2.05) is 24.3 Å². The minimum absolute atomic E-state index is 0.0183. The summed E-state index contributed by atoms with van der Waals surface area (Å²) in [5, 5.41) is 1.08. The number of alkyl halides is 1. The summed E-state index contributed by atoms with van der Waals surface area (Å²) in [6, 6.07) is 16.5. The molecule has 1 nitrogen and oxygen atoms in total. The lowest BCUT2D eigenvalue weighted by Gasteiger charge is -2.08. The third-order valence-electron chi connectivity index (χ3n) is 2.90. The van der Waals surface area contributed by atoms with E-state index in [4.69, 9.17) is 11.6 Å². The highest BCUT2D eigenvalue weighted by molar-refractivity contribution is 14.1. The van der Waals surface area contributed by atoms with Gasteiger partial charge in [-0.25, -0.2) is 4.98 Å². The van der Waals surface area contributed by atoms with E-state index in [1.165, 1.54) is 8.27 Å². The van der Waals surface area contributed by atoms with Crippen molar-refractivity contribution < 1.29 is 0 Å². The molecular formula is C15H11ClINS. The lowest BCUT2D eigenvalue weighted by atomic mass is 10.1. The number of rotatable bonds is 3. The summed E-state index contributed by atoms with van der Waals surface area (Å²) in [6.45, 7) is 0. The molecule has 1 atom stereocenters. The third-order valence-corrected chi connectivity index (χ3v) is 5.04. The Morgan fingerprint density at radius 2 is 2.00 bits per heavy atom. The molecule has 0 saturated heterocycles. The Labute approximate surface area is 134 Å². The topological polar surface area (TPSA) is 12.9 Å². The van der Waals surface area contributed by atoms with Crippen LogP contribution in [0, 0.1) is 3.57 Å². The number of halogens is 2. The monoisotopic (exact) mass is 399 g/mol. The first-order chi connectivity index (χ1) is 9.22. The fourth-order valence-corrected chi connectivity index (χ4v) is 3.93. The van der Waals surface area contributed by atoms with Gasteiger partial charge in [0.2, 0.25) is 0 Å². The molecular weight excluding hydrogens is 389 g/mol. The molecule has 96 valence electrons. The maximum atomic E-state index is 6.50. The van der Waals surface area contributed by atoms with E-state index >= 15 is 0 Å². The number of nitrogens with zero attached hydrogens (tertiary/aromatic N) is 1. The minimum Gasteiger partial charge on any atom is -0.241 e. The number of hydrogen-bond donors (Lipinski definition) is 0. The molecule has 3 aromatic rings. The Bertz CT molecular complexity index is 677. The van der Waals surface area contributed by atoms with Crippen LogP contribution in [0.15, 0.2) is 48.5 Å². The van der Waals surface area contributed by atoms with Gasteiger partial charge in [0.25, 0.3) is 0 Å². The van der Waals surface area contributed by atoms with Gasteiger partial charge in [0.1, 0.15) is 0 Å². The molecule has 0 aliphatic rings. The Kier molecular flexibility index (Phi) is 4.05. The number of aromatic nitrogens is 1. The molecule has 1 aromatic heterocycles. The number of thiazole rings is 1. The Balaban J connectivity index is 1.84. The van der Waals surface area contributed by atoms with Gasteiger partial charge < -0.3 is 0 Å². The lowest BCUT2D eigenvalue weighted by molar-refractivity contribution is 0.910. The fourth-order valence-electron chi connectivity index (χ4n) is 1.98. The maximum absolute atomic E-state index is 6.50. The van der Waals surface area contributed by atoms with E-state index < -0.39 is 0 Å². The van der Waals surface area contributed by atoms with Gasteiger partial charge in [-0.3, -0.25) is 0 Å². The van der Waals surface area contributed by atoms with Gasteiger partial charge in [-0.2, -0.15) is 0 Å². The van der Waals surface area contributed by atoms with Crippen molar-refractivity contribution >= 4 is 55.7 Å². The summed E-state index contributed by atoms with van der Waals surface area (Å²) in [7, 11) is 0. The van der Waals surface area contributed by atoms with Crippen molar-refractivity contribution in [2.75, 3.05) is 0 Å². The zero-order chi connectivity index (χ0) is 13.2. The molecule has 0 aliphatic carbocycles. The van der Waals surface area contributed by atoms with Crippen LogP contribution in [-0.2, 0) is 6.42 Å². The summed E-state index contributed by atoms with van der Waals surface area (Å²) in [6.07, 6.45) is 0.779. The summed E-state index contributed by atoms with van der Waals surface area (Å²) < 4.78 is 2.44. The van der Waals surface area contributed by atoms with Gasteiger partial charge in [-0.05, 0) is 52.4 Å². The van der Waals surface area contributed by atoms with Crippen molar-refractivity contribution in [1.29, 1.82) is 0 Å².